The van der Waals surface area contributed by atoms with E-state index in [1.165, 1.54) is 6.08 Å². The number of carbonyl (C=O) groups is 1. The Morgan fingerprint density at radius 3 is 3.07 bits per heavy atom. The molecule has 0 unspecified atom stereocenters. The number of para-hydroxylation sites is 1. The number of oxazole rings is 1. The molecule has 1 heterocycles. The van der Waals surface area contributed by atoms with Gasteiger partial charge in [-0.15, -0.1) is 0 Å². The third-order valence-electron chi connectivity index (χ3n) is 1.83. The van der Waals surface area contributed by atoms with Crippen LogP contribution >= 0.6 is 11.6 Å². The SMILES string of the molecule is O=C(O)/C=C/c1cccc2oc(Cl)nc12. The molecule has 0 bridgehead atoms. The lowest BCUT2D eigenvalue weighted by Gasteiger charge is -1.91. The maximum atomic E-state index is 10.4. The molecule has 1 N–H and O–H groups in total. The first-order valence-electron chi connectivity index (χ1n) is 4.13. The highest BCUT2D eigenvalue weighted by Crippen LogP contribution is 2.22. The van der Waals surface area contributed by atoms with Crippen LogP contribution in [0, 0.1) is 0 Å². The van der Waals surface area contributed by atoms with Gasteiger partial charge in [0, 0.05) is 11.6 Å². The smallest absolute Gasteiger partial charge is 0.328 e. The average Bonchev–Trinajstić information content (AvgIpc) is 2.55. The number of aliphatic carboxylic acids is 1. The van der Waals surface area contributed by atoms with Crippen LogP contribution in [0.5, 0.6) is 0 Å². The molecule has 5 heteroatoms. The highest BCUT2D eigenvalue weighted by Gasteiger charge is 2.05. The van der Waals surface area contributed by atoms with Crippen LogP contribution in [0.1, 0.15) is 5.56 Å². The van der Waals surface area contributed by atoms with Crippen molar-refractivity contribution in [2.45, 2.75) is 0 Å². The van der Waals surface area contributed by atoms with Gasteiger partial charge in [0.05, 0.1) is 0 Å². The van der Waals surface area contributed by atoms with E-state index in [1.54, 1.807) is 18.2 Å². The molecule has 2 rings (SSSR count). The second kappa shape index (κ2) is 3.74. The summed E-state index contributed by atoms with van der Waals surface area (Å²) in [5.41, 5.74) is 1.75. The molecule has 0 saturated carbocycles. The maximum Gasteiger partial charge on any atom is 0.328 e. The Hall–Kier alpha value is -1.81. The third-order valence-corrected chi connectivity index (χ3v) is 1.99. The number of fused-ring (bicyclic) bond motifs is 1. The molecule has 0 radical (unpaired) electrons. The summed E-state index contributed by atoms with van der Waals surface area (Å²) in [5.74, 6) is -1.01. The minimum atomic E-state index is -1.01. The first-order valence-corrected chi connectivity index (χ1v) is 4.50. The summed E-state index contributed by atoms with van der Waals surface area (Å²) >= 11 is 5.60. The predicted molar refractivity (Wildman–Crippen MR) is 55.7 cm³/mol. The standard InChI is InChI=1S/C10H6ClNO3/c11-10-12-9-6(4-5-8(13)14)2-1-3-7(9)15-10/h1-5H,(H,13,14)/b5-4+. The van der Waals surface area contributed by atoms with Gasteiger partial charge in [0.25, 0.3) is 5.35 Å². The van der Waals surface area contributed by atoms with Gasteiger partial charge in [0.15, 0.2) is 5.58 Å². The van der Waals surface area contributed by atoms with Crippen molar-refractivity contribution in [2.24, 2.45) is 0 Å². The van der Waals surface area contributed by atoms with E-state index in [9.17, 15) is 4.79 Å². The van der Waals surface area contributed by atoms with Gasteiger partial charge in [0.1, 0.15) is 5.52 Å². The number of carboxylic acids is 1. The number of benzene rings is 1. The Bertz CT molecular complexity index is 545. The largest absolute Gasteiger partial charge is 0.478 e. The molecule has 1 aromatic heterocycles. The predicted octanol–water partition coefficient (Wildman–Crippen LogP) is 2.58. The van der Waals surface area contributed by atoms with Crippen LogP contribution in [0.15, 0.2) is 28.7 Å². The van der Waals surface area contributed by atoms with Gasteiger partial charge >= 0.3 is 5.97 Å². The van der Waals surface area contributed by atoms with Gasteiger partial charge in [-0.2, -0.15) is 4.98 Å². The maximum absolute atomic E-state index is 10.4. The number of hydrogen-bond acceptors (Lipinski definition) is 3. The zero-order chi connectivity index (χ0) is 10.8. The number of carboxylic acid groups (broad SMARTS) is 1. The van der Waals surface area contributed by atoms with Gasteiger partial charge in [0.2, 0.25) is 0 Å². The number of aromatic nitrogens is 1. The Labute approximate surface area is 89.8 Å². The molecule has 2 aromatic rings. The Balaban J connectivity index is 2.55. The first kappa shape index (κ1) is 9.73. The Morgan fingerprint density at radius 1 is 1.53 bits per heavy atom. The minimum absolute atomic E-state index is 0.0428. The quantitative estimate of drug-likeness (QED) is 0.795. The molecule has 0 aliphatic rings. The van der Waals surface area contributed by atoms with Crippen molar-refractivity contribution in [3.8, 4) is 0 Å². The van der Waals surface area contributed by atoms with E-state index in [0.717, 1.165) is 6.08 Å². The molecule has 1 aromatic carbocycles. The highest BCUT2D eigenvalue weighted by atomic mass is 35.5. The van der Waals surface area contributed by atoms with Crippen molar-refractivity contribution in [3.63, 3.8) is 0 Å². The highest BCUT2D eigenvalue weighted by molar-refractivity contribution is 6.28. The minimum Gasteiger partial charge on any atom is -0.478 e. The van der Waals surface area contributed by atoms with Gasteiger partial charge in [-0.1, -0.05) is 12.1 Å². The number of rotatable bonds is 2. The second-order valence-corrected chi connectivity index (χ2v) is 3.16. The molecule has 0 aliphatic heterocycles. The van der Waals surface area contributed by atoms with Crippen molar-refractivity contribution in [1.82, 2.24) is 4.98 Å². The molecule has 0 spiro atoms. The van der Waals surface area contributed by atoms with E-state index in [2.05, 4.69) is 4.98 Å². The fourth-order valence-corrected chi connectivity index (χ4v) is 1.41. The van der Waals surface area contributed by atoms with Crippen molar-refractivity contribution >= 4 is 34.7 Å². The topological polar surface area (TPSA) is 63.3 Å². The zero-order valence-corrected chi connectivity index (χ0v) is 8.23. The van der Waals surface area contributed by atoms with Crippen LogP contribution in [0.4, 0.5) is 0 Å². The number of hydrogen-bond donors (Lipinski definition) is 1. The summed E-state index contributed by atoms with van der Waals surface area (Å²) in [6.45, 7) is 0. The molecular formula is C10H6ClNO3. The Kier molecular flexibility index (Phi) is 2.43. The molecule has 0 atom stereocenters. The summed E-state index contributed by atoms with van der Waals surface area (Å²) in [7, 11) is 0. The van der Waals surface area contributed by atoms with Gasteiger partial charge in [-0.3, -0.25) is 0 Å². The molecule has 0 saturated heterocycles. The first-order chi connectivity index (χ1) is 7.16. The summed E-state index contributed by atoms with van der Waals surface area (Å²) < 4.78 is 5.09. The molecule has 0 aliphatic carbocycles. The van der Waals surface area contributed by atoms with Crippen molar-refractivity contribution in [1.29, 1.82) is 0 Å². The lowest BCUT2D eigenvalue weighted by atomic mass is 10.2. The van der Waals surface area contributed by atoms with Crippen LogP contribution in [-0.2, 0) is 4.79 Å². The van der Waals surface area contributed by atoms with Gasteiger partial charge in [-0.25, -0.2) is 4.79 Å². The Morgan fingerprint density at radius 2 is 2.33 bits per heavy atom. The summed E-state index contributed by atoms with van der Waals surface area (Å²) in [4.78, 5) is 14.3. The summed E-state index contributed by atoms with van der Waals surface area (Å²) in [6.07, 6.45) is 2.49. The van der Waals surface area contributed by atoms with Crippen LogP contribution < -0.4 is 0 Å². The lowest BCUT2D eigenvalue weighted by molar-refractivity contribution is -0.131. The van der Waals surface area contributed by atoms with Crippen molar-refractivity contribution < 1.29 is 14.3 Å². The molecule has 15 heavy (non-hydrogen) atoms. The van der Waals surface area contributed by atoms with E-state index < -0.39 is 5.97 Å². The van der Waals surface area contributed by atoms with E-state index in [-0.39, 0.29) is 5.35 Å². The number of halogens is 1. The van der Waals surface area contributed by atoms with Crippen LogP contribution in [0.2, 0.25) is 5.35 Å². The fraction of sp³-hybridized carbons (Fsp3) is 0. The van der Waals surface area contributed by atoms with Crippen LogP contribution in [0.3, 0.4) is 0 Å². The van der Waals surface area contributed by atoms with E-state index >= 15 is 0 Å². The normalized spacial score (nSPS) is 11.3. The molecule has 4 nitrogen and oxygen atoms in total. The van der Waals surface area contributed by atoms with Crippen molar-refractivity contribution in [3.05, 3.63) is 35.2 Å². The molecule has 0 amide bonds. The summed E-state index contributed by atoms with van der Waals surface area (Å²) in [5, 5.41) is 8.54. The number of nitrogens with zero attached hydrogens (tertiary/aromatic N) is 1. The molecular weight excluding hydrogens is 218 g/mol. The average molecular weight is 224 g/mol. The van der Waals surface area contributed by atoms with Gasteiger partial charge in [-0.05, 0) is 23.7 Å². The van der Waals surface area contributed by atoms with E-state index in [4.69, 9.17) is 21.1 Å². The monoisotopic (exact) mass is 223 g/mol. The van der Waals surface area contributed by atoms with Crippen molar-refractivity contribution in [2.75, 3.05) is 0 Å². The van der Waals surface area contributed by atoms with Crippen LogP contribution in [-0.4, -0.2) is 16.1 Å². The lowest BCUT2D eigenvalue weighted by Crippen LogP contribution is -1.86. The third kappa shape index (κ3) is 1.99. The fourth-order valence-electron chi connectivity index (χ4n) is 1.24. The van der Waals surface area contributed by atoms with E-state index in [0.29, 0.717) is 16.7 Å². The van der Waals surface area contributed by atoms with Crippen LogP contribution in [0.25, 0.3) is 17.2 Å². The van der Waals surface area contributed by atoms with Gasteiger partial charge < -0.3 is 9.52 Å². The molecule has 0 fully saturated rings. The molecule has 76 valence electrons. The zero-order valence-electron chi connectivity index (χ0n) is 7.48. The van der Waals surface area contributed by atoms with E-state index in [1.807, 2.05) is 0 Å². The summed E-state index contributed by atoms with van der Waals surface area (Å²) in [6, 6.07) is 5.19. The second-order valence-electron chi connectivity index (χ2n) is 2.83.